The van der Waals surface area contributed by atoms with Gasteiger partial charge in [0.25, 0.3) is 0 Å². The molecule has 0 amide bonds. The van der Waals surface area contributed by atoms with Crippen molar-refractivity contribution >= 4 is 21.9 Å². The summed E-state index contributed by atoms with van der Waals surface area (Å²) < 4.78 is 17.8. The number of hydrogen-bond donors (Lipinski definition) is 1. The summed E-state index contributed by atoms with van der Waals surface area (Å²) in [4.78, 5) is 12.7. The molecule has 6 nitrogen and oxygen atoms in total. The van der Waals surface area contributed by atoms with Gasteiger partial charge in [0.15, 0.2) is 0 Å². The van der Waals surface area contributed by atoms with Crippen molar-refractivity contribution in [3.63, 3.8) is 0 Å². The smallest absolute Gasteiger partial charge is 0.343 e. The molecule has 1 heterocycles. The lowest BCUT2D eigenvalue weighted by molar-refractivity contribution is 0.0734. The third kappa shape index (κ3) is 4.86. The number of nitrogens with zero attached hydrogens (tertiary/aromatic N) is 1. The number of carbonyl (C=O) groups is 1. The fourth-order valence-electron chi connectivity index (χ4n) is 3.60. The van der Waals surface area contributed by atoms with Crippen molar-refractivity contribution in [2.24, 2.45) is 5.73 Å². The minimum atomic E-state index is -0.515. The van der Waals surface area contributed by atoms with Crippen molar-refractivity contribution in [2.45, 2.75) is 19.3 Å². The zero-order chi connectivity index (χ0) is 23.4. The van der Waals surface area contributed by atoms with Crippen LogP contribution < -0.4 is 19.9 Å². The van der Waals surface area contributed by atoms with E-state index in [9.17, 15) is 10.1 Å². The molecular formula is C26H21BrN2O4. The van der Waals surface area contributed by atoms with Crippen LogP contribution in [0.5, 0.6) is 17.2 Å². The number of esters is 1. The van der Waals surface area contributed by atoms with E-state index in [0.717, 1.165) is 22.0 Å². The minimum absolute atomic E-state index is 0.0298. The van der Waals surface area contributed by atoms with E-state index in [2.05, 4.69) is 22.0 Å². The standard InChI is InChI=1S/C26H21BrN2O4/c1-2-12-31-19-5-3-4-17(13-19)26(30)32-20-10-11-21-23(14-20)33-25(29)22(15-28)24(21)16-6-8-18(27)9-7-16/h3-11,13-14,24H,2,12,29H2,1H3. The van der Waals surface area contributed by atoms with E-state index < -0.39 is 5.97 Å². The number of carbonyl (C=O) groups excluding carboxylic acids is 1. The van der Waals surface area contributed by atoms with Crippen LogP contribution in [0.1, 0.15) is 40.7 Å². The molecular weight excluding hydrogens is 484 g/mol. The number of nitrogens with two attached hydrogens (primary N) is 1. The van der Waals surface area contributed by atoms with Crippen LogP contribution in [0.3, 0.4) is 0 Å². The van der Waals surface area contributed by atoms with Gasteiger partial charge in [0.1, 0.15) is 28.9 Å². The molecule has 0 aliphatic carbocycles. The van der Waals surface area contributed by atoms with Crippen LogP contribution in [0.4, 0.5) is 0 Å². The van der Waals surface area contributed by atoms with Gasteiger partial charge in [-0.05, 0) is 48.4 Å². The van der Waals surface area contributed by atoms with E-state index in [0.29, 0.717) is 35.0 Å². The maximum atomic E-state index is 12.7. The normalized spacial score (nSPS) is 14.6. The first-order chi connectivity index (χ1) is 16.0. The molecule has 4 rings (SSSR count). The number of nitriles is 1. The maximum absolute atomic E-state index is 12.7. The predicted octanol–water partition coefficient (Wildman–Crippen LogP) is 5.68. The van der Waals surface area contributed by atoms with E-state index in [1.807, 2.05) is 31.2 Å². The van der Waals surface area contributed by atoms with Gasteiger partial charge in [0.2, 0.25) is 5.88 Å². The van der Waals surface area contributed by atoms with Crippen molar-refractivity contribution in [1.29, 1.82) is 5.26 Å². The van der Waals surface area contributed by atoms with Crippen LogP contribution in [0.15, 0.2) is 82.7 Å². The number of allylic oxidation sites excluding steroid dienone is 1. The first kappa shape index (κ1) is 22.4. The summed E-state index contributed by atoms with van der Waals surface area (Å²) in [5.74, 6) is 0.482. The van der Waals surface area contributed by atoms with Crippen LogP contribution in [-0.2, 0) is 0 Å². The topological polar surface area (TPSA) is 94.6 Å². The van der Waals surface area contributed by atoms with Crippen molar-refractivity contribution in [2.75, 3.05) is 6.61 Å². The molecule has 0 spiro atoms. The predicted molar refractivity (Wildman–Crippen MR) is 127 cm³/mol. The minimum Gasteiger partial charge on any atom is -0.494 e. The van der Waals surface area contributed by atoms with Gasteiger partial charge in [0, 0.05) is 16.1 Å². The van der Waals surface area contributed by atoms with Gasteiger partial charge in [-0.2, -0.15) is 5.26 Å². The Morgan fingerprint density at radius 2 is 1.91 bits per heavy atom. The van der Waals surface area contributed by atoms with Gasteiger partial charge in [0.05, 0.1) is 18.1 Å². The highest BCUT2D eigenvalue weighted by molar-refractivity contribution is 9.10. The Morgan fingerprint density at radius 1 is 1.12 bits per heavy atom. The van der Waals surface area contributed by atoms with Crippen LogP contribution >= 0.6 is 15.9 Å². The number of benzene rings is 3. The van der Waals surface area contributed by atoms with E-state index in [4.69, 9.17) is 19.9 Å². The highest BCUT2D eigenvalue weighted by Crippen LogP contribution is 2.43. The van der Waals surface area contributed by atoms with Crippen LogP contribution in [0.2, 0.25) is 0 Å². The van der Waals surface area contributed by atoms with Crippen molar-refractivity contribution < 1.29 is 19.0 Å². The molecule has 166 valence electrons. The molecule has 0 saturated carbocycles. The molecule has 1 aliphatic heterocycles. The lowest BCUT2D eigenvalue weighted by Gasteiger charge is -2.26. The Labute approximate surface area is 200 Å². The van der Waals surface area contributed by atoms with E-state index in [-0.39, 0.29) is 11.8 Å². The summed E-state index contributed by atoms with van der Waals surface area (Å²) in [6, 6.07) is 21.8. The van der Waals surface area contributed by atoms with E-state index in [1.165, 1.54) is 0 Å². The van der Waals surface area contributed by atoms with Crippen molar-refractivity contribution in [3.05, 3.63) is 99.3 Å². The summed E-state index contributed by atoms with van der Waals surface area (Å²) in [6.07, 6.45) is 0.871. The van der Waals surface area contributed by atoms with Crippen LogP contribution in [0.25, 0.3) is 0 Å². The molecule has 1 atom stereocenters. The zero-order valence-electron chi connectivity index (χ0n) is 17.9. The Balaban J connectivity index is 1.61. The second-order valence-electron chi connectivity index (χ2n) is 7.44. The lowest BCUT2D eigenvalue weighted by atomic mass is 9.83. The van der Waals surface area contributed by atoms with E-state index >= 15 is 0 Å². The molecule has 0 bridgehead atoms. The number of ether oxygens (including phenoxy) is 3. The zero-order valence-corrected chi connectivity index (χ0v) is 19.5. The molecule has 0 fully saturated rings. The Kier molecular flexibility index (Phi) is 6.66. The first-order valence-electron chi connectivity index (χ1n) is 10.4. The third-order valence-electron chi connectivity index (χ3n) is 5.15. The highest BCUT2D eigenvalue weighted by atomic mass is 79.9. The lowest BCUT2D eigenvalue weighted by Crippen LogP contribution is -2.21. The Morgan fingerprint density at radius 3 is 2.64 bits per heavy atom. The summed E-state index contributed by atoms with van der Waals surface area (Å²) >= 11 is 3.43. The molecule has 1 unspecified atom stereocenters. The average Bonchev–Trinajstić information content (AvgIpc) is 2.82. The second kappa shape index (κ2) is 9.80. The number of fused-ring (bicyclic) bond motifs is 1. The fraction of sp³-hybridized carbons (Fsp3) is 0.154. The van der Waals surface area contributed by atoms with Gasteiger partial charge in [-0.15, -0.1) is 0 Å². The maximum Gasteiger partial charge on any atom is 0.343 e. The van der Waals surface area contributed by atoms with Crippen LogP contribution in [-0.4, -0.2) is 12.6 Å². The van der Waals surface area contributed by atoms with Gasteiger partial charge >= 0.3 is 5.97 Å². The second-order valence-corrected chi connectivity index (χ2v) is 8.36. The molecule has 1 aliphatic rings. The molecule has 2 N–H and O–H groups in total. The van der Waals surface area contributed by atoms with Crippen molar-refractivity contribution in [1.82, 2.24) is 0 Å². The summed E-state index contributed by atoms with van der Waals surface area (Å²) in [5, 5.41) is 9.69. The quantitative estimate of drug-likeness (QED) is 0.343. The monoisotopic (exact) mass is 504 g/mol. The van der Waals surface area contributed by atoms with Gasteiger partial charge < -0.3 is 19.9 Å². The Hall–Kier alpha value is -3.76. The molecule has 7 heteroatoms. The largest absolute Gasteiger partial charge is 0.494 e. The van der Waals surface area contributed by atoms with Gasteiger partial charge in [-0.3, -0.25) is 0 Å². The molecule has 0 radical (unpaired) electrons. The molecule has 33 heavy (non-hydrogen) atoms. The number of halogens is 1. The van der Waals surface area contributed by atoms with Gasteiger partial charge in [-0.25, -0.2) is 4.79 Å². The van der Waals surface area contributed by atoms with Crippen LogP contribution in [0, 0.1) is 11.3 Å². The Bertz CT molecular complexity index is 1260. The first-order valence-corrected chi connectivity index (χ1v) is 11.2. The SMILES string of the molecule is CCCOc1cccc(C(=O)Oc2ccc3c(c2)OC(N)=C(C#N)C3c2ccc(Br)cc2)c1. The molecule has 0 saturated heterocycles. The average molecular weight is 505 g/mol. The summed E-state index contributed by atoms with van der Waals surface area (Å²) in [7, 11) is 0. The highest BCUT2D eigenvalue weighted by Gasteiger charge is 2.31. The van der Waals surface area contributed by atoms with Gasteiger partial charge in [-0.1, -0.05) is 47.1 Å². The van der Waals surface area contributed by atoms with Crippen molar-refractivity contribution in [3.8, 4) is 23.3 Å². The van der Waals surface area contributed by atoms with E-state index in [1.54, 1.807) is 42.5 Å². The third-order valence-corrected chi connectivity index (χ3v) is 5.68. The molecule has 3 aromatic rings. The molecule has 3 aromatic carbocycles. The summed E-state index contributed by atoms with van der Waals surface area (Å²) in [5.41, 5.74) is 8.43. The number of rotatable bonds is 6. The fourth-order valence-corrected chi connectivity index (χ4v) is 3.86. The summed E-state index contributed by atoms with van der Waals surface area (Å²) in [6.45, 7) is 2.58. The number of hydrogen-bond acceptors (Lipinski definition) is 6. The molecule has 0 aromatic heterocycles.